The standard InChI is InChI=1S/C13H13NO2S/c1-9(15)14-12-8-10(16-2)5-6-11(12)13-4-3-7-17-13/h3-8H,1-2H3,(H,14,15). The molecule has 2 aromatic rings. The van der Waals surface area contributed by atoms with Crippen LogP contribution in [-0.4, -0.2) is 13.0 Å². The van der Waals surface area contributed by atoms with Crippen molar-refractivity contribution in [2.75, 3.05) is 12.4 Å². The molecule has 0 fully saturated rings. The Morgan fingerprint density at radius 2 is 2.18 bits per heavy atom. The summed E-state index contributed by atoms with van der Waals surface area (Å²) in [6.07, 6.45) is 0. The Hall–Kier alpha value is -1.81. The molecule has 1 aromatic heterocycles. The van der Waals surface area contributed by atoms with Crippen LogP contribution in [0.5, 0.6) is 5.75 Å². The Bertz CT molecular complexity index is 520. The van der Waals surface area contributed by atoms with Gasteiger partial charge in [0.1, 0.15) is 5.75 Å². The van der Waals surface area contributed by atoms with Gasteiger partial charge in [0.25, 0.3) is 0 Å². The minimum absolute atomic E-state index is 0.0870. The van der Waals surface area contributed by atoms with Crippen LogP contribution in [0.4, 0.5) is 5.69 Å². The molecule has 0 aliphatic rings. The van der Waals surface area contributed by atoms with Gasteiger partial charge in [0, 0.05) is 23.4 Å². The molecule has 4 heteroatoms. The summed E-state index contributed by atoms with van der Waals surface area (Å²) in [6, 6.07) is 9.69. The minimum atomic E-state index is -0.0870. The third-order valence-corrected chi connectivity index (χ3v) is 3.23. The highest BCUT2D eigenvalue weighted by Crippen LogP contribution is 2.34. The van der Waals surface area contributed by atoms with Crippen molar-refractivity contribution in [3.63, 3.8) is 0 Å². The van der Waals surface area contributed by atoms with Crippen LogP contribution in [0.1, 0.15) is 6.92 Å². The first-order valence-corrected chi connectivity index (χ1v) is 6.08. The lowest BCUT2D eigenvalue weighted by Gasteiger charge is -2.10. The number of hydrogen-bond donors (Lipinski definition) is 1. The van der Waals surface area contributed by atoms with Crippen LogP contribution in [0.15, 0.2) is 35.7 Å². The molecule has 0 bridgehead atoms. The van der Waals surface area contributed by atoms with E-state index in [0.717, 1.165) is 21.9 Å². The Morgan fingerprint density at radius 3 is 2.76 bits per heavy atom. The van der Waals surface area contributed by atoms with E-state index in [1.165, 1.54) is 6.92 Å². The molecule has 0 saturated heterocycles. The van der Waals surface area contributed by atoms with Crippen molar-refractivity contribution in [2.45, 2.75) is 6.92 Å². The van der Waals surface area contributed by atoms with Gasteiger partial charge in [-0.05, 0) is 23.6 Å². The summed E-state index contributed by atoms with van der Waals surface area (Å²) in [6.45, 7) is 1.50. The maximum Gasteiger partial charge on any atom is 0.221 e. The minimum Gasteiger partial charge on any atom is -0.497 e. The Kier molecular flexibility index (Phi) is 3.44. The molecule has 0 saturated carbocycles. The third kappa shape index (κ3) is 2.65. The number of ether oxygens (including phenoxy) is 1. The summed E-state index contributed by atoms with van der Waals surface area (Å²) in [5, 5.41) is 4.84. The fourth-order valence-electron chi connectivity index (χ4n) is 1.59. The molecule has 0 radical (unpaired) electrons. The van der Waals surface area contributed by atoms with Crippen molar-refractivity contribution in [3.8, 4) is 16.2 Å². The van der Waals surface area contributed by atoms with Crippen molar-refractivity contribution in [1.82, 2.24) is 0 Å². The predicted octanol–water partition coefficient (Wildman–Crippen LogP) is 3.38. The van der Waals surface area contributed by atoms with Gasteiger partial charge in [0.2, 0.25) is 5.91 Å². The summed E-state index contributed by atoms with van der Waals surface area (Å²) >= 11 is 1.64. The number of rotatable bonds is 3. The van der Waals surface area contributed by atoms with E-state index in [9.17, 15) is 4.79 Å². The number of methoxy groups -OCH3 is 1. The SMILES string of the molecule is COc1ccc(-c2cccs2)c(NC(C)=O)c1. The summed E-state index contributed by atoms with van der Waals surface area (Å²) in [5.41, 5.74) is 1.79. The number of hydrogen-bond acceptors (Lipinski definition) is 3. The van der Waals surface area contributed by atoms with Crippen LogP contribution >= 0.6 is 11.3 Å². The molecule has 2 rings (SSSR count). The molecular weight excluding hydrogens is 234 g/mol. The number of carbonyl (C=O) groups excluding carboxylic acids is 1. The van der Waals surface area contributed by atoms with Gasteiger partial charge in [-0.1, -0.05) is 6.07 Å². The van der Waals surface area contributed by atoms with E-state index < -0.39 is 0 Å². The zero-order valence-corrected chi connectivity index (χ0v) is 10.5. The second-order valence-electron chi connectivity index (χ2n) is 3.57. The smallest absolute Gasteiger partial charge is 0.221 e. The van der Waals surface area contributed by atoms with Gasteiger partial charge in [-0.3, -0.25) is 4.79 Å². The first-order valence-electron chi connectivity index (χ1n) is 5.20. The fraction of sp³-hybridized carbons (Fsp3) is 0.154. The van der Waals surface area contributed by atoms with Crippen LogP contribution in [0, 0.1) is 0 Å². The topological polar surface area (TPSA) is 38.3 Å². The maximum atomic E-state index is 11.2. The van der Waals surface area contributed by atoms with Gasteiger partial charge in [0.15, 0.2) is 0 Å². The van der Waals surface area contributed by atoms with Gasteiger partial charge < -0.3 is 10.1 Å². The molecule has 0 atom stereocenters. The van der Waals surface area contributed by atoms with Gasteiger partial charge in [0.05, 0.1) is 12.8 Å². The number of benzene rings is 1. The van der Waals surface area contributed by atoms with E-state index in [0.29, 0.717) is 0 Å². The molecule has 0 aliphatic carbocycles. The number of amides is 1. The molecule has 88 valence electrons. The van der Waals surface area contributed by atoms with E-state index in [-0.39, 0.29) is 5.91 Å². The van der Waals surface area contributed by atoms with E-state index in [2.05, 4.69) is 5.32 Å². The maximum absolute atomic E-state index is 11.2. The van der Waals surface area contributed by atoms with Crippen LogP contribution in [0.25, 0.3) is 10.4 Å². The second kappa shape index (κ2) is 5.01. The van der Waals surface area contributed by atoms with E-state index in [1.54, 1.807) is 18.4 Å². The Morgan fingerprint density at radius 1 is 1.35 bits per heavy atom. The molecule has 0 spiro atoms. The van der Waals surface area contributed by atoms with Crippen molar-refractivity contribution in [2.24, 2.45) is 0 Å². The van der Waals surface area contributed by atoms with Crippen molar-refractivity contribution in [3.05, 3.63) is 35.7 Å². The lowest BCUT2D eigenvalue weighted by atomic mass is 10.1. The molecular formula is C13H13NO2S. The lowest BCUT2D eigenvalue weighted by molar-refractivity contribution is -0.114. The summed E-state index contributed by atoms with van der Waals surface area (Å²) in [4.78, 5) is 12.3. The average Bonchev–Trinajstić information content (AvgIpc) is 2.81. The normalized spacial score (nSPS) is 10.0. The zero-order valence-electron chi connectivity index (χ0n) is 9.69. The molecule has 0 unspecified atom stereocenters. The lowest BCUT2D eigenvalue weighted by Crippen LogP contribution is -2.06. The van der Waals surface area contributed by atoms with Crippen molar-refractivity contribution >= 4 is 22.9 Å². The molecule has 1 heterocycles. The van der Waals surface area contributed by atoms with Crippen LogP contribution < -0.4 is 10.1 Å². The first-order chi connectivity index (χ1) is 8.20. The molecule has 17 heavy (non-hydrogen) atoms. The third-order valence-electron chi connectivity index (χ3n) is 2.32. The molecule has 0 aliphatic heterocycles. The number of carbonyl (C=O) groups is 1. The van der Waals surface area contributed by atoms with E-state index >= 15 is 0 Å². The van der Waals surface area contributed by atoms with Gasteiger partial charge in [-0.15, -0.1) is 11.3 Å². The van der Waals surface area contributed by atoms with E-state index in [1.807, 2.05) is 35.7 Å². The molecule has 1 N–H and O–H groups in total. The summed E-state index contributed by atoms with van der Waals surface area (Å²) in [5.74, 6) is 0.644. The monoisotopic (exact) mass is 247 g/mol. The van der Waals surface area contributed by atoms with Gasteiger partial charge >= 0.3 is 0 Å². The van der Waals surface area contributed by atoms with Crippen LogP contribution in [-0.2, 0) is 4.79 Å². The number of anilines is 1. The second-order valence-corrected chi connectivity index (χ2v) is 4.52. The van der Waals surface area contributed by atoms with E-state index in [4.69, 9.17) is 4.74 Å². The number of nitrogens with one attached hydrogen (secondary N) is 1. The van der Waals surface area contributed by atoms with Crippen LogP contribution in [0.2, 0.25) is 0 Å². The first kappa shape index (κ1) is 11.7. The van der Waals surface area contributed by atoms with Gasteiger partial charge in [-0.2, -0.15) is 0 Å². The molecule has 3 nitrogen and oxygen atoms in total. The average molecular weight is 247 g/mol. The predicted molar refractivity (Wildman–Crippen MR) is 70.6 cm³/mol. The highest BCUT2D eigenvalue weighted by Gasteiger charge is 2.08. The fourth-order valence-corrected chi connectivity index (χ4v) is 2.36. The summed E-state index contributed by atoms with van der Waals surface area (Å²) < 4.78 is 5.16. The van der Waals surface area contributed by atoms with Crippen molar-refractivity contribution < 1.29 is 9.53 Å². The molecule has 1 aromatic carbocycles. The highest BCUT2D eigenvalue weighted by atomic mass is 32.1. The Labute approximate surface area is 104 Å². The summed E-state index contributed by atoms with van der Waals surface area (Å²) in [7, 11) is 1.61. The highest BCUT2D eigenvalue weighted by molar-refractivity contribution is 7.13. The molecule has 1 amide bonds. The quantitative estimate of drug-likeness (QED) is 0.903. The Balaban J connectivity index is 2.47. The number of thiophene rings is 1. The zero-order chi connectivity index (χ0) is 12.3. The van der Waals surface area contributed by atoms with Crippen LogP contribution in [0.3, 0.4) is 0 Å². The largest absolute Gasteiger partial charge is 0.497 e. The van der Waals surface area contributed by atoms with Gasteiger partial charge in [-0.25, -0.2) is 0 Å². The van der Waals surface area contributed by atoms with Crippen molar-refractivity contribution in [1.29, 1.82) is 0 Å².